The Morgan fingerprint density at radius 1 is 1.19 bits per heavy atom. The van der Waals surface area contributed by atoms with Crippen molar-refractivity contribution in [1.82, 2.24) is 15.2 Å². The molecule has 0 amide bonds. The minimum Gasteiger partial charge on any atom is -0.386 e. The van der Waals surface area contributed by atoms with Gasteiger partial charge < -0.3 is 5.32 Å². The first-order chi connectivity index (χ1) is 13.1. The highest BCUT2D eigenvalue weighted by Gasteiger charge is 2.23. The van der Waals surface area contributed by atoms with Crippen LogP contribution in [0.3, 0.4) is 0 Å². The molecular weight excluding hydrogens is 360 g/mol. The van der Waals surface area contributed by atoms with E-state index in [2.05, 4.69) is 27.3 Å². The molecule has 6 nitrogen and oxygen atoms in total. The van der Waals surface area contributed by atoms with Crippen molar-refractivity contribution in [3.05, 3.63) is 71.4 Å². The molecule has 27 heavy (non-hydrogen) atoms. The molecule has 1 aromatic heterocycles. The lowest BCUT2D eigenvalue weighted by molar-refractivity contribution is 0.197. The fourth-order valence-electron chi connectivity index (χ4n) is 3.08. The molecule has 0 aliphatic carbocycles. The zero-order valence-electron chi connectivity index (χ0n) is 15.0. The van der Waals surface area contributed by atoms with Crippen LogP contribution in [-0.2, 0) is 16.4 Å². The van der Waals surface area contributed by atoms with E-state index in [4.69, 9.17) is 0 Å². The van der Waals surface area contributed by atoms with Crippen LogP contribution in [0.1, 0.15) is 18.4 Å². The van der Waals surface area contributed by atoms with E-state index in [-0.39, 0.29) is 16.0 Å². The van der Waals surface area contributed by atoms with Crippen molar-refractivity contribution < 1.29 is 8.42 Å². The van der Waals surface area contributed by atoms with Crippen molar-refractivity contribution in [2.75, 3.05) is 13.1 Å². The number of pyridine rings is 1. The zero-order chi connectivity index (χ0) is 19.1. The summed E-state index contributed by atoms with van der Waals surface area (Å²) in [7, 11) is -3.89. The predicted molar refractivity (Wildman–Crippen MR) is 103 cm³/mol. The van der Waals surface area contributed by atoms with Crippen LogP contribution in [0.15, 0.2) is 70.9 Å². The van der Waals surface area contributed by atoms with Gasteiger partial charge in [-0.3, -0.25) is 4.90 Å². The molecule has 1 fully saturated rings. The Bertz CT molecular complexity index is 913. The lowest BCUT2D eigenvalue weighted by Gasteiger charge is -2.32. The maximum absolute atomic E-state index is 12.5. The van der Waals surface area contributed by atoms with Gasteiger partial charge in [-0.2, -0.15) is 5.26 Å². The van der Waals surface area contributed by atoms with Gasteiger partial charge in [-0.25, -0.2) is 13.4 Å². The largest absolute Gasteiger partial charge is 0.386 e. The van der Waals surface area contributed by atoms with Crippen LogP contribution in [0.5, 0.6) is 0 Å². The second-order valence-electron chi connectivity index (χ2n) is 6.49. The molecule has 7 heteroatoms. The predicted octanol–water partition coefficient (Wildman–Crippen LogP) is 2.47. The smallest absolute Gasteiger partial charge is 0.235 e. The number of hydrogen-bond acceptors (Lipinski definition) is 6. The molecule has 1 saturated heterocycles. The van der Waals surface area contributed by atoms with Crippen LogP contribution < -0.4 is 5.32 Å². The van der Waals surface area contributed by atoms with Gasteiger partial charge in [-0.1, -0.05) is 36.4 Å². The summed E-state index contributed by atoms with van der Waals surface area (Å²) in [5.41, 5.74) is 1.29. The fourth-order valence-corrected chi connectivity index (χ4v) is 4.11. The molecule has 1 aromatic carbocycles. The third kappa shape index (κ3) is 4.94. The lowest BCUT2D eigenvalue weighted by Crippen LogP contribution is -2.40. The van der Waals surface area contributed by atoms with E-state index in [1.165, 1.54) is 24.0 Å². The van der Waals surface area contributed by atoms with E-state index in [9.17, 15) is 13.7 Å². The minimum atomic E-state index is -3.89. The molecule has 0 bridgehead atoms. The first-order valence-corrected chi connectivity index (χ1v) is 10.4. The molecule has 3 rings (SSSR count). The molecule has 1 aliphatic rings. The van der Waals surface area contributed by atoms with E-state index < -0.39 is 9.84 Å². The highest BCUT2D eigenvalue weighted by atomic mass is 32.2. The Kier molecular flexibility index (Phi) is 6.22. The number of likely N-dealkylation sites (tertiary alicyclic amines) is 1. The Hall–Kier alpha value is -2.69. The summed E-state index contributed by atoms with van der Waals surface area (Å²) in [6.45, 7) is 2.77. The van der Waals surface area contributed by atoms with E-state index in [1.807, 2.05) is 18.2 Å². The van der Waals surface area contributed by atoms with Gasteiger partial charge in [0.25, 0.3) is 0 Å². The van der Waals surface area contributed by atoms with Crippen molar-refractivity contribution in [2.24, 2.45) is 0 Å². The monoisotopic (exact) mass is 382 g/mol. The average Bonchev–Trinajstić information content (AvgIpc) is 2.71. The third-order valence-electron chi connectivity index (χ3n) is 4.60. The molecule has 2 heterocycles. The van der Waals surface area contributed by atoms with Crippen LogP contribution in [0.25, 0.3) is 0 Å². The Balaban J connectivity index is 1.57. The van der Waals surface area contributed by atoms with E-state index in [0.717, 1.165) is 32.5 Å². The number of piperidine rings is 1. The number of nitrogens with zero attached hydrogens (tertiary/aromatic N) is 3. The first-order valence-electron chi connectivity index (χ1n) is 8.88. The summed E-state index contributed by atoms with van der Waals surface area (Å²) in [4.78, 5) is 5.92. The fraction of sp³-hybridized carbons (Fsp3) is 0.300. The van der Waals surface area contributed by atoms with Gasteiger partial charge in [-0.15, -0.1) is 0 Å². The van der Waals surface area contributed by atoms with Crippen LogP contribution in [0.2, 0.25) is 0 Å². The van der Waals surface area contributed by atoms with Gasteiger partial charge >= 0.3 is 0 Å². The van der Waals surface area contributed by atoms with Crippen LogP contribution in [-0.4, -0.2) is 37.4 Å². The number of aromatic nitrogens is 1. The van der Waals surface area contributed by atoms with Crippen LogP contribution >= 0.6 is 0 Å². The second kappa shape index (κ2) is 8.80. The van der Waals surface area contributed by atoms with Crippen molar-refractivity contribution in [2.45, 2.75) is 30.5 Å². The number of hydrogen-bond donors (Lipinski definition) is 1. The third-order valence-corrected chi connectivity index (χ3v) is 6.18. The summed E-state index contributed by atoms with van der Waals surface area (Å²) in [6, 6.07) is 16.9. The molecule has 0 unspecified atom stereocenters. The highest BCUT2D eigenvalue weighted by Crippen LogP contribution is 2.17. The van der Waals surface area contributed by atoms with Gasteiger partial charge in [0.05, 0.1) is 0 Å². The Morgan fingerprint density at radius 3 is 2.52 bits per heavy atom. The molecule has 2 aromatic rings. The number of sulfone groups is 1. The molecule has 1 N–H and O–H groups in total. The number of nitriles is 1. The number of benzene rings is 1. The van der Waals surface area contributed by atoms with E-state index >= 15 is 0 Å². The van der Waals surface area contributed by atoms with Gasteiger partial charge in [0.15, 0.2) is 9.93 Å². The standard InChI is InChI=1S/C20H22N4O2S/c21-14-19(27(25,26)20-8-4-5-11-22-20)15-23-18-9-12-24(13-10-18)16-17-6-2-1-3-7-17/h1-8,11,15,18,23H,9-10,12-13,16H2/b19-15-. The average molecular weight is 382 g/mol. The summed E-state index contributed by atoms with van der Waals surface area (Å²) in [5, 5.41) is 12.3. The van der Waals surface area contributed by atoms with Gasteiger partial charge in [-0.05, 0) is 30.5 Å². The molecule has 0 saturated carbocycles. The SMILES string of the molecule is N#C/C(=C/NC1CCN(Cc2ccccc2)CC1)S(=O)(=O)c1ccccn1. The Morgan fingerprint density at radius 2 is 1.89 bits per heavy atom. The quantitative estimate of drug-likeness (QED) is 0.773. The van der Waals surface area contributed by atoms with E-state index in [1.54, 1.807) is 18.2 Å². The minimum absolute atomic E-state index is 0.114. The number of rotatable bonds is 6. The summed E-state index contributed by atoms with van der Waals surface area (Å²) in [6.07, 6.45) is 4.51. The first kappa shape index (κ1) is 19.1. The summed E-state index contributed by atoms with van der Waals surface area (Å²) >= 11 is 0. The van der Waals surface area contributed by atoms with Gasteiger partial charge in [0, 0.05) is 38.1 Å². The molecule has 1 aliphatic heterocycles. The summed E-state index contributed by atoms with van der Waals surface area (Å²) < 4.78 is 25.0. The maximum atomic E-state index is 12.5. The normalized spacial score (nSPS) is 16.6. The molecule has 140 valence electrons. The summed E-state index contributed by atoms with van der Waals surface area (Å²) in [5.74, 6) is 0. The van der Waals surface area contributed by atoms with Gasteiger partial charge in [0.1, 0.15) is 6.07 Å². The van der Waals surface area contributed by atoms with Crippen molar-refractivity contribution in [3.63, 3.8) is 0 Å². The molecule has 0 spiro atoms. The lowest BCUT2D eigenvalue weighted by atomic mass is 10.0. The zero-order valence-corrected chi connectivity index (χ0v) is 15.8. The van der Waals surface area contributed by atoms with Crippen molar-refractivity contribution in [1.29, 1.82) is 5.26 Å². The highest BCUT2D eigenvalue weighted by molar-refractivity contribution is 7.95. The Labute approximate surface area is 160 Å². The van der Waals surface area contributed by atoms with Crippen molar-refractivity contribution >= 4 is 9.84 Å². The van der Waals surface area contributed by atoms with Crippen LogP contribution in [0, 0.1) is 11.3 Å². The van der Waals surface area contributed by atoms with Gasteiger partial charge in [0.2, 0.25) is 9.84 Å². The molecular formula is C20H22N4O2S. The second-order valence-corrected chi connectivity index (χ2v) is 8.36. The maximum Gasteiger partial charge on any atom is 0.235 e. The van der Waals surface area contributed by atoms with Crippen molar-refractivity contribution in [3.8, 4) is 6.07 Å². The molecule has 0 atom stereocenters. The van der Waals surface area contributed by atoms with Crippen LogP contribution in [0.4, 0.5) is 0 Å². The van der Waals surface area contributed by atoms with E-state index in [0.29, 0.717) is 0 Å². The number of nitrogens with one attached hydrogen (secondary N) is 1. The topological polar surface area (TPSA) is 86.1 Å². The number of allylic oxidation sites excluding steroid dienone is 1. The molecule has 0 radical (unpaired) electrons.